The van der Waals surface area contributed by atoms with Crippen LogP contribution in [0.2, 0.25) is 0 Å². The van der Waals surface area contributed by atoms with E-state index in [1.165, 1.54) is 0 Å². The Bertz CT molecular complexity index is 1060. The van der Waals surface area contributed by atoms with Crippen molar-refractivity contribution in [1.82, 2.24) is 15.1 Å². The Hall–Kier alpha value is -2.82. The summed E-state index contributed by atoms with van der Waals surface area (Å²) in [5, 5.41) is 3.68. The largest absolute Gasteiger partial charge is 0.355 e. The summed E-state index contributed by atoms with van der Waals surface area (Å²) in [6, 6.07) is 9.90. The van der Waals surface area contributed by atoms with Crippen LogP contribution in [-0.2, 0) is 16.1 Å². The molecule has 33 heavy (non-hydrogen) atoms. The van der Waals surface area contributed by atoms with E-state index in [1.54, 1.807) is 0 Å². The zero-order chi connectivity index (χ0) is 23.3. The van der Waals surface area contributed by atoms with E-state index >= 15 is 0 Å². The molecule has 1 unspecified atom stereocenters. The van der Waals surface area contributed by atoms with Gasteiger partial charge in [0.25, 0.3) is 5.91 Å². The molecule has 1 N–H and O–H groups in total. The molecular weight excluding hydrogens is 410 g/mol. The maximum Gasteiger partial charge on any atom is 0.254 e. The van der Waals surface area contributed by atoms with Crippen molar-refractivity contribution < 1.29 is 9.59 Å². The predicted octanol–water partition coefficient (Wildman–Crippen LogP) is 4.88. The molecule has 2 aliphatic carbocycles. The Morgan fingerprint density at radius 2 is 1.91 bits per heavy atom. The number of carbonyl (C=O) groups excluding carboxylic acids is 2. The molecule has 1 aromatic rings. The first kappa shape index (κ1) is 22.0. The Morgan fingerprint density at radius 3 is 2.55 bits per heavy atom. The van der Waals surface area contributed by atoms with Crippen molar-refractivity contribution >= 4 is 11.8 Å². The van der Waals surface area contributed by atoms with E-state index < -0.39 is 5.54 Å². The van der Waals surface area contributed by atoms with E-state index in [0.717, 1.165) is 60.3 Å². The second kappa shape index (κ2) is 8.19. The van der Waals surface area contributed by atoms with Gasteiger partial charge in [-0.3, -0.25) is 9.59 Å². The first-order chi connectivity index (χ1) is 15.8. The molecule has 0 radical (unpaired) electrons. The molecule has 0 spiro atoms. The van der Waals surface area contributed by atoms with Crippen LogP contribution in [0, 0.1) is 11.8 Å². The van der Waals surface area contributed by atoms with Crippen LogP contribution in [0.15, 0.2) is 65.1 Å². The normalized spacial score (nSPS) is 24.5. The molecule has 4 aliphatic rings. The lowest BCUT2D eigenvalue weighted by Crippen LogP contribution is -2.50. The van der Waals surface area contributed by atoms with Crippen molar-refractivity contribution in [3.63, 3.8) is 0 Å². The van der Waals surface area contributed by atoms with Crippen molar-refractivity contribution in [2.75, 3.05) is 0 Å². The van der Waals surface area contributed by atoms with E-state index in [2.05, 4.69) is 57.3 Å². The van der Waals surface area contributed by atoms with Crippen LogP contribution in [0.3, 0.4) is 0 Å². The van der Waals surface area contributed by atoms with E-state index in [9.17, 15) is 9.59 Å². The van der Waals surface area contributed by atoms with Crippen molar-refractivity contribution in [3.05, 3.63) is 70.7 Å². The fourth-order valence-electron chi connectivity index (χ4n) is 5.70. The summed E-state index contributed by atoms with van der Waals surface area (Å²) in [6.07, 6.45) is 9.04. The molecule has 1 saturated carbocycles. The third-order valence-corrected chi connectivity index (χ3v) is 7.81. The highest BCUT2D eigenvalue weighted by atomic mass is 16.2. The van der Waals surface area contributed by atoms with Gasteiger partial charge >= 0.3 is 0 Å². The van der Waals surface area contributed by atoms with Crippen LogP contribution in [-0.4, -0.2) is 33.2 Å². The van der Waals surface area contributed by atoms with Gasteiger partial charge in [0, 0.05) is 18.2 Å². The summed E-state index contributed by atoms with van der Waals surface area (Å²) in [5.74, 6) is 0.443. The second-order valence-corrected chi connectivity index (χ2v) is 10.7. The van der Waals surface area contributed by atoms with Gasteiger partial charge in [-0.05, 0) is 57.1 Å². The van der Waals surface area contributed by atoms with Gasteiger partial charge < -0.3 is 15.1 Å². The topological polar surface area (TPSA) is 52.7 Å². The van der Waals surface area contributed by atoms with Gasteiger partial charge in [-0.1, -0.05) is 56.7 Å². The highest BCUT2D eigenvalue weighted by molar-refractivity contribution is 6.01. The molecule has 5 heteroatoms. The van der Waals surface area contributed by atoms with Crippen LogP contribution in [0.1, 0.15) is 65.4 Å². The van der Waals surface area contributed by atoms with Crippen LogP contribution in [0.25, 0.3) is 0 Å². The molecule has 1 atom stereocenters. The fourth-order valence-corrected chi connectivity index (χ4v) is 5.70. The number of amides is 2. The first-order valence-corrected chi connectivity index (χ1v) is 12.4. The summed E-state index contributed by atoms with van der Waals surface area (Å²) in [7, 11) is 0. The lowest BCUT2D eigenvalue weighted by atomic mass is 9.82. The van der Waals surface area contributed by atoms with Crippen LogP contribution in [0.5, 0.6) is 0 Å². The van der Waals surface area contributed by atoms with Gasteiger partial charge in [0.1, 0.15) is 0 Å². The summed E-state index contributed by atoms with van der Waals surface area (Å²) < 4.78 is 0. The fraction of sp³-hybridized carbons (Fsp3) is 0.500. The van der Waals surface area contributed by atoms with Crippen LogP contribution < -0.4 is 5.32 Å². The zero-order valence-corrected chi connectivity index (χ0v) is 20.2. The average Bonchev–Trinajstić information content (AvgIpc) is 2.88. The summed E-state index contributed by atoms with van der Waals surface area (Å²) in [4.78, 5) is 31.9. The molecule has 5 rings (SSSR count). The number of carbonyl (C=O) groups is 2. The van der Waals surface area contributed by atoms with Gasteiger partial charge in [-0.25, -0.2) is 0 Å². The average molecular weight is 446 g/mol. The standard InChI is InChI=1S/C28H35N3O2/c1-18(2)24-23-25(28(3,4)30(27(23)33)17-19-11-6-5-7-12-19)29-21-15-8-9-16-22(21)31(24)26(32)20-13-10-14-20/h5-8,11-12,15,18,20,24,29H,9-10,13-14,16-17H2,1-4H3. The van der Waals surface area contributed by atoms with Gasteiger partial charge in [-0.2, -0.15) is 0 Å². The molecular formula is C28H35N3O2. The van der Waals surface area contributed by atoms with Gasteiger partial charge in [0.2, 0.25) is 5.91 Å². The number of nitrogens with one attached hydrogen (secondary N) is 1. The van der Waals surface area contributed by atoms with Crippen molar-refractivity contribution in [3.8, 4) is 0 Å². The molecule has 1 fully saturated rings. The smallest absolute Gasteiger partial charge is 0.254 e. The van der Waals surface area contributed by atoms with Crippen molar-refractivity contribution in [1.29, 1.82) is 0 Å². The van der Waals surface area contributed by atoms with E-state index in [4.69, 9.17) is 0 Å². The van der Waals surface area contributed by atoms with E-state index in [0.29, 0.717) is 6.54 Å². The van der Waals surface area contributed by atoms with E-state index in [-0.39, 0.29) is 29.7 Å². The first-order valence-electron chi connectivity index (χ1n) is 12.4. The van der Waals surface area contributed by atoms with Crippen LogP contribution >= 0.6 is 0 Å². The molecule has 1 aromatic carbocycles. The monoisotopic (exact) mass is 445 g/mol. The summed E-state index contributed by atoms with van der Waals surface area (Å²) in [5.41, 5.74) is 4.35. The van der Waals surface area contributed by atoms with Gasteiger partial charge in [0.05, 0.1) is 28.5 Å². The minimum atomic E-state index is -0.506. The summed E-state index contributed by atoms with van der Waals surface area (Å²) >= 11 is 0. The lowest BCUT2D eigenvalue weighted by molar-refractivity contribution is -0.139. The maximum absolute atomic E-state index is 14.1. The highest BCUT2D eigenvalue weighted by Crippen LogP contribution is 2.45. The number of hydrogen-bond donors (Lipinski definition) is 1. The number of rotatable bonds is 4. The molecule has 0 saturated heterocycles. The zero-order valence-electron chi connectivity index (χ0n) is 20.2. The Kier molecular flexibility index (Phi) is 5.46. The molecule has 5 nitrogen and oxygen atoms in total. The Balaban J connectivity index is 1.62. The minimum Gasteiger partial charge on any atom is -0.355 e. The molecule has 2 aliphatic heterocycles. The predicted molar refractivity (Wildman–Crippen MR) is 129 cm³/mol. The number of benzene rings is 1. The third-order valence-electron chi connectivity index (χ3n) is 7.81. The summed E-state index contributed by atoms with van der Waals surface area (Å²) in [6.45, 7) is 9.07. The van der Waals surface area contributed by atoms with Crippen LogP contribution in [0.4, 0.5) is 0 Å². The number of nitrogens with zero attached hydrogens (tertiary/aromatic N) is 2. The Labute approximate surface area is 197 Å². The van der Waals surface area contributed by atoms with E-state index in [1.807, 2.05) is 28.0 Å². The molecule has 2 heterocycles. The van der Waals surface area contributed by atoms with Gasteiger partial charge in [-0.15, -0.1) is 0 Å². The minimum absolute atomic E-state index is 0.0419. The van der Waals surface area contributed by atoms with Crippen molar-refractivity contribution in [2.24, 2.45) is 11.8 Å². The maximum atomic E-state index is 14.1. The molecule has 0 aromatic heterocycles. The molecule has 174 valence electrons. The SMILES string of the molecule is CC(C)C1C2=C(NC3=C(CCC=C3)N1C(=O)C1CCC1)C(C)(C)N(Cc1ccccc1)C2=O. The lowest BCUT2D eigenvalue weighted by Gasteiger charge is -2.41. The van der Waals surface area contributed by atoms with Crippen molar-refractivity contribution in [2.45, 2.75) is 77.9 Å². The highest BCUT2D eigenvalue weighted by Gasteiger charge is 2.52. The quantitative estimate of drug-likeness (QED) is 0.719. The molecule has 0 bridgehead atoms. The number of allylic oxidation sites excluding steroid dienone is 3. The third kappa shape index (κ3) is 3.53. The molecule has 2 amide bonds. The van der Waals surface area contributed by atoms with Gasteiger partial charge in [0.15, 0.2) is 0 Å². The second-order valence-electron chi connectivity index (χ2n) is 10.7. The Morgan fingerprint density at radius 1 is 1.18 bits per heavy atom. The number of hydrogen-bond acceptors (Lipinski definition) is 3.